The zero-order chi connectivity index (χ0) is 15.0. The van der Waals surface area contributed by atoms with Crippen LogP contribution in [-0.2, 0) is 0 Å². The summed E-state index contributed by atoms with van der Waals surface area (Å²) in [5.41, 5.74) is 2.14. The van der Waals surface area contributed by atoms with Gasteiger partial charge in [0.2, 0.25) is 0 Å². The minimum absolute atomic E-state index is 0.242. The van der Waals surface area contributed by atoms with Gasteiger partial charge in [-0.05, 0) is 42.8 Å². The fourth-order valence-electron chi connectivity index (χ4n) is 2.13. The predicted molar refractivity (Wildman–Crippen MR) is 82.3 cm³/mol. The van der Waals surface area contributed by atoms with E-state index in [0.29, 0.717) is 16.1 Å². The third-order valence-electron chi connectivity index (χ3n) is 3.16. The van der Waals surface area contributed by atoms with Crippen molar-refractivity contribution in [2.45, 2.75) is 6.92 Å². The van der Waals surface area contributed by atoms with Crippen LogP contribution in [0.3, 0.4) is 0 Å². The van der Waals surface area contributed by atoms with Gasteiger partial charge in [-0.1, -0.05) is 0 Å². The van der Waals surface area contributed by atoms with E-state index in [2.05, 4.69) is 10.3 Å². The molecule has 0 aliphatic carbocycles. The van der Waals surface area contributed by atoms with Crippen molar-refractivity contribution in [1.82, 2.24) is 4.98 Å². The summed E-state index contributed by atoms with van der Waals surface area (Å²) in [7, 11) is 0. The molecular formula is C15H12N2O3S. The Labute approximate surface area is 124 Å². The zero-order valence-corrected chi connectivity index (χ0v) is 12.0. The lowest BCUT2D eigenvalue weighted by molar-refractivity contribution is 0.0701. The first-order valence-corrected chi connectivity index (χ1v) is 7.08. The molecule has 0 saturated heterocycles. The Kier molecular flexibility index (Phi) is 3.23. The first-order chi connectivity index (χ1) is 10.0. The summed E-state index contributed by atoms with van der Waals surface area (Å²) in [5, 5.41) is 13.2. The van der Waals surface area contributed by atoms with E-state index in [9.17, 15) is 9.59 Å². The first kappa shape index (κ1) is 13.4. The first-order valence-electron chi connectivity index (χ1n) is 6.27. The number of amides is 1. The number of rotatable bonds is 3. The highest BCUT2D eigenvalue weighted by Crippen LogP contribution is 2.27. The molecule has 5 nitrogen and oxygen atoms in total. The molecule has 106 valence electrons. The molecule has 1 amide bonds. The van der Waals surface area contributed by atoms with E-state index >= 15 is 0 Å². The van der Waals surface area contributed by atoms with Gasteiger partial charge in [0.05, 0.1) is 5.00 Å². The van der Waals surface area contributed by atoms with Gasteiger partial charge in [0.25, 0.3) is 5.91 Å². The van der Waals surface area contributed by atoms with Crippen molar-refractivity contribution in [1.29, 1.82) is 0 Å². The Morgan fingerprint density at radius 2 is 2.05 bits per heavy atom. The summed E-state index contributed by atoms with van der Waals surface area (Å²) < 4.78 is 0. The summed E-state index contributed by atoms with van der Waals surface area (Å²) in [4.78, 5) is 26.5. The number of aromatic amines is 1. The molecule has 0 saturated carbocycles. The van der Waals surface area contributed by atoms with Crippen molar-refractivity contribution in [2.24, 2.45) is 0 Å². The van der Waals surface area contributed by atoms with Crippen LogP contribution in [-0.4, -0.2) is 22.0 Å². The van der Waals surface area contributed by atoms with E-state index in [4.69, 9.17) is 5.11 Å². The second-order valence-electron chi connectivity index (χ2n) is 4.66. The molecule has 3 aromatic rings. The molecule has 2 aromatic heterocycles. The van der Waals surface area contributed by atoms with Gasteiger partial charge in [-0.25, -0.2) is 4.79 Å². The maximum Gasteiger partial charge on any atom is 0.346 e. The molecule has 1 aromatic carbocycles. The number of anilines is 1. The minimum atomic E-state index is -0.980. The van der Waals surface area contributed by atoms with E-state index in [0.717, 1.165) is 22.2 Å². The monoisotopic (exact) mass is 300 g/mol. The van der Waals surface area contributed by atoms with Crippen LogP contribution in [0, 0.1) is 6.92 Å². The number of carbonyl (C=O) groups is 2. The van der Waals surface area contributed by atoms with Crippen LogP contribution in [0.2, 0.25) is 0 Å². The van der Waals surface area contributed by atoms with Crippen LogP contribution in [0.4, 0.5) is 5.00 Å². The number of aryl methyl sites for hydroxylation is 1. The Morgan fingerprint density at radius 1 is 1.24 bits per heavy atom. The fraction of sp³-hybridized carbons (Fsp3) is 0.0667. The van der Waals surface area contributed by atoms with Crippen molar-refractivity contribution >= 4 is 39.1 Å². The summed E-state index contributed by atoms with van der Waals surface area (Å²) in [6.07, 6.45) is 1.81. The number of aromatic carboxylic acids is 1. The molecule has 0 unspecified atom stereocenters. The lowest BCUT2D eigenvalue weighted by Gasteiger charge is -2.02. The van der Waals surface area contributed by atoms with Crippen LogP contribution in [0.5, 0.6) is 0 Å². The smallest absolute Gasteiger partial charge is 0.346 e. The molecule has 6 heteroatoms. The number of carbonyl (C=O) groups excluding carboxylic acids is 1. The number of aromatic nitrogens is 1. The molecule has 0 bridgehead atoms. The number of fused-ring (bicyclic) bond motifs is 1. The average molecular weight is 300 g/mol. The lowest BCUT2D eigenvalue weighted by Crippen LogP contribution is -2.10. The largest absolute Gasteiger partial charge is 0.477 e. The second kappa shape index (κ2) is 5.06. The van der Waals surface area contributed by atoms with Crippen molar-refractivity contribution < 1.29 is 14.7 Å². The second-order valence-corrected chi connectivity index (χ2v) is 5.71. The van der Waals surface area contributed by atoms with Crippen LogP contribution < -0.4 is 5.32 Å². The molecule has 3 rings (SSSR count). The van der Waals surface area contributed by atoms with Crippen LogP contribution in [0.15, 0.2) is 36.5 Å². The lowest BCUT2D eigenvalue weighted by atomic mass is 10.1. The van der Waals surface area contributed by atoms with Gasteiger partial charge in [-0.2, -0.15) is 0 Å². The van der Waals surface area contributed by atoms with E-state index in [-0.39, 0.29) is 10.8 Å². The summed E-state index contributed by atoms with van der Waals surface area (Å²) >= 11 is 1.06. The summed E-state index contributed by atoms with van der Waals surface area (Å²) in [6.45, 7) is 1.71. The van der Waals surface area contributed by atoms with Gasteiger partial charge in [-0.3, -0.25) is 4.79 Å². The SMILES string of the molecule is Cc1cc(NC(=O)c2ccc3[nH]ccc3c2)sc1C(=O)O. The molecule has 0 fully saturated rings. The highest BCUT2D eigenvalue weighted by atomic mass is 32.1. The number of hydrogen-bond donors (Lipinski definition) is 3. The Bertz CT molecular complexity index is 848. The molecule has 2 heterocycles. The quantitative estimate of drug-likeness (QED) is 0.692. The molecule has 3 N–H and O–H groups in total. The number of benzene rings is 1. The molecule has 0 radical (unpaired) electrons. The van der Waals surface area contributed by atoms with Gasteiger partial charge in [0, 0.05) is 22.7 Å². The topological polar surface area (TPSA) is 82.2 Å². The standard InChI is InChI=1S/C15H12N2O3S/c1-8-6-12(21-13(8)15(19)20)17-14(18)10-2-3-11-9(7-10)4-5-16-11/h2-7,16H,1H3,(H,17,18)(H,19,20). The molecule has 0 aliphatic rings. The van der Waals surface area contributed by atoms with Crippen LogP contribution >= 0.6 is 11.3 Å². The number of carboxylic acid groups (broad SMARTS) is 1. The average Bonchev–Trinajstić information content (AvgIpc) is 3.04. The number of nitrogens with one attached hydrogen (secondary N) is 2. The van der Waals surface area contributed by atoms with Gasteiger partial charge in [0.1, 0.15) is 4.88 Å². The van der Waals surface area contributed by atoms with Gasteiger partial charge in [-0.15, -0.1) is 11.3 Å². The molecule has 0 aliphatic heterocycles. The summed E-state index contributed by atoms with van der Waals surface area (Å²) in [6, 6.07) is 8.92. The van der Waals surface area contributed by atoms with Crippen molar-refractivity contribution in [3.05, 3.63) is 52.5 Å². The number of hydrogen-bond acceptors (Lipinski definition) is 3. The molecule has 0 atom stereocenters. The Balaban J connectivity index is 1.85. The highest BCUT2D eigenvalue weighted by Gasteiger charge is 2.14. The van der Waals surface area contributed by atoms with Crippen LogP contribution in [0.1, 0.15) is 25.6 Å². The molecular weight excluding hydrogens is 288 g/mol. The fourth-order valence-corrected chi connectivity index (χ4v) is 3.04. The van der Waals surface area contributed by atoms with Gasteiger partial charge < -0.3 is 15.4 Å². The Morgan fingerprint density at radius 3 is 2.76 bits per heavy atom. The zero-order valence-electron chi connectivity index (χ0n) is 11.1. The van der Waals surface area contributed by atoms with Crippen molar-refractivity contribution in [2.75, 3.05) is 5.32 Å². The van der Waals surface area contributed by atoms with E-state index in [1.807, 2.05) is 18.3 Å². The van der Waals surface area contributed by atoms with Crippen molar-refractivity contribution in [3.8, 4) is 0 Å². The van der Waals surface area contributed by atoms with Gasteiger partial charge in [0.15, 0.2) is 0 Å². The third-order valence-corrected chi connectivity index (χ3v) is 4.30. The van der Waals surface area contributed by atoms with Crippen LogP contribution in [0.25, 0.3) is 10.9 Å². The number of carboxylic acids is 1. The summed E-state index contributed by atoms with van der Waals surface area (Å²) in [5.74, 6) is -1.23. The molecule has 21 heavy (non-hydrogen) atoms. The minimum Gasteiger partial charge on any atom is -0.477 e. The van der Waals surface area contributed by atoms with E-state index in [1.165, 1.54) is 0 Å². The third kappa shape index (κ3) is 2.53. The van der Waals surface area contributed by atoms with E-state index < -0.39 is 5.97 Å². The van der Waals surface area contributed by atoms with Crippen molar-refractivity contribution in [3.63, 3.8) is 0 Å². The molecule has 0 spiro atoms. The normalized spacial score (nSPS) is 10.7. The predicted octanol–water partition coefficient (Wildman–Crippen LogP) is 3.49. The maximum atomic E-state index is 12.2. The Hall–Kier alpha value is -2.60. The number of H-pyrrole nitrogens is 1. The van der Waals surface area contributed by atoms with E-state index in [1.54, 1.807) is 25.1 Å². The number of thiophene rings is 1. The highest BCUT2D eigenvalue weighted by molar-refractivity contribution is 7.18. The van der Waals surface area contributed by atoms with Gasteiger partial charge >= 0.3 is 5.97 Å². The maximum absolute atomic E-state index is 12.2.